The van der Waals surface area contributed by atoms with Crippen molar-refractivity contribution in [2.75, 3.05) is 0 Å². The standard InChI is InChI=1S/C6H15N3O.2ClH/c1-4(2)3-5(7)6(10)9-8;;/h4-5H,3,7-8H2,1-2H3,(H,9,10);2*1H/t5-;;/m0../s1. The molecule has 0 spiro atoms. The first kappa shape index (κ1) is 17.9. The van der Waals surface area contributed by atoms with Crippen molar-refractivity contribution in [1.82, 2.24) is 5.43 Å². The molecule has 6 heteroatoms. The highest BCUT2D eigenvalue weighted by molar-refractivity contribution is 5.85. The van der Waals surface area contributed by atoms with Crippen molar-refractivity contribution < 1.29 is 4.79 Å². The molecule has 0 bridgehead atoms. The third kappa shape index (κ3) is 8.07. The van der Waals surface area contributed by atoms with Gasteiger partial charge in [0.2, 0.25) is 0 Å². The van der Waals surface area contributed by atoms with E-state index >= 15 is 0 Å². The molecule has 0 aromatic carbocycles. The monoisotopic (exact) mass is 217 g/mol. The minimum absolute atomic E-state index is 0. The Labute approximate surface area is 85.2 Å². The summed E-state index contributed by atoms with van der Waals surface area (Å²) in [5, 5.41) is 0. The van der Waals surface area contributed by atoms with Crippen molar-refractivity contribution in [3.8, 4) is 0 Å². The first-order chi connectivity index (χ1) is 4.57. The maximum Gasteiger partial charge on any atom is 0.250 e. The van der Waals surface area contributed by atoms with E-state index in [-0.39, 0.29) is 30.7 Å². The summed E-state index contributed by atoms with van der Waals surface area (Å²) < 4.78 is 0. The van der Waals surface area contributed by atoms with E-state index in [9.17, 15) is 4.79 Å². The zero-order valence-corrected chi connectivity index (χ0v) is 8.87. The number of hydrazine groups is 1. The van der Waals surface area contributed by atoms with Gasteiger partial charge in [-0.25, -0.2) is 5.84 Å². The van der Waals surface area contributed by atoms with Gasteiger partial charge in [-0.2, -0.15) is 0 Å². The molecular formula is C6H17Cl2N3O. The van der Waals surface area contributed by atoms with Crippen LogP contribution in [0, 0.1) is 5.92 Å². The van der Waals surface area contributed by atoms with Crippen LogP contribution in [0.25, 0.3) is 0 Å². The molecule has 0 aliphatic rings. The van der Waals surface area contributed by atoms with Gasteiger partial charge >= 0.3 is 0 Å². The molecule has 0 saturated heterocycles. The molecule has 0 unspecified atom stereocenters. The number of hydrogen-bond donors (Lipinski definition) is 3. The van der Waals surface area contributed by atoms with Crippen LogP contribution in [0.2, 0.25) is 0 Å². The topological polar surface area (TPSA) is 81.1 Å². The predicted octanol–water partition coefficient (Wildman–Crippen LogP) is 0.193. The molecule has 0 aliphatic carbocycles. The summed E-state index contributed by atoms with van der Waals surface area (Å²) in [5.41, 5.74) is 7.44. The first-order valence-corrected chi connectivity index (χ1v) is 3.34. The Balaban J connectivity index is -0.000000405. The van der Waals surface area contributed by atoms with Crippen molar-refractivity contribution >= 4 is 30.7 Å². The van der Waals surface area contributed by atoms with E-state index in [4.69, 9.17) is 11.6 Å². The fourth-order valence-corrected chi connectivity index (χ4v) is 0.722. The van der Waals surface area contributed by atoms with E-state index in [1.165, 1.54) is 0 Å². The highest BCUT2D eigenvalue weighted by atomic mass is 35.5. The second-order valence-corrected chi connectivity index (χ2v) is 2.74. The van der Waals surface area contributed by atoms with Gasteiger partial charge in [0.05, 0.1) is 6.04 Å². The fourth-order valence-electron chi connectivity index (χ4n) is 0.722. The van der Waals surface area contributed by atoms with Crippen LogP contribution in [-0.2, 0) is 4.79 Å². The number of hydrogen-bond acceptors (Lipinski definition) is 3. The number of nitrogens with two attached hydrogens (primary N) is 2. The van der Waals surface area contributed by atoms with Crippen molar-refractivity contribution in [2.24, 2.45) is 17.5 Å². The van der Waals surface area contributed by atoms with Crippen LogP contribution in [0.4, 0.5) is 0 Å². The molecule has 0 radical (unpaired) electrons. The molecule has 76 valence electrons. The summed E-state index contributed by atoms with van der Waals surface area (Å²) in [6.45, 7) is 4.01. The number of nitrogens with one attached hydrogen (secondary N) is 1. The smallest absolute Gasteiger partial charge is 0.250 e. The highest BCUT2D eigenvalue weighted by Crippen LogP contribution is 2.01. The molecule has 1 amide bonds. The Morgan fingerprint density at radius 1 is 1.42 bits per heavy atom. The molecular weight excluding hydrogens is 201 g/mol. The van der Waals surface area contributed by atoms with Gasteiger partial charge in [-0.3, -0.25) is 10.2 Å². The van der Waals surface area contributed by atoms with E-state index in [0.717, 1.165) is 0 Å². The fraction of sp³-hybridized carbons (Fsp3) is 0.833. The summed E-state index contributed by atoms with van der Waals surface area (Å²) in [6, 6.07) is -0.468. The second-order valence-electron chi connectivity index (χ2n) is 2.74. The first-order valence-electron chi connectivity index (χ1n) is 3.34. The third-order valence-corrected chi connectivity index (χ3v) is 1.20. The molecule has 0 aromatic heterocycles. The number of carbonyl (C=O) groups is 1. The average molecular weight is 218 g/mol. The molecule has 0 saturated carbocycles. The van der Waals surface area contributed by atoms with E-state index in [0.29, 0.717) is 12.3 Å². The molecule has 12 heavy (non-hydrogen) atoms. The summed E-state index contributed by atoms with van der Waals surface area (Å²) in [6.07, 6.45) is 0.670. The van der Waals surface area contributed by atoms with Gasteiger partial charge in [0.15, 0.2) is 0 Å². The quantitative estimate of drug-likeness (QED) is 0.359. The van der Waals surface area contributed by atoms with Crippen molar-refractivity contribution in [2.45, 2.75) is 26.3 Å². The lowest BCUT2D eigenvalue weighted by molar-refractivity contribution is -0.122. The SMILES string of the molecule is CC(C)C[C@H](N)C(=O)NN.Cl.Cl. The lowest BCUT2D eigenvalue weighted by Gasteiger charge is -2.11. The van der Waals surface area contributed by atoms with Crippen LogP contribution in [0.3, 0.4) is 0 Å². The van der Waals surface area contributed by atoms with E-state index in [1.54, 1.807) is 0 Å². The van der Waals surface area contributed by atoms with Crippen LogP contribution in [0.1, 0.15) is 20.3 Å². The van der Waals surface area contributed by atoms with E-state index in [2.05, 4.69) is 0 Å². The van der Waals surface area contributed by atoms with Gasteiger partial charge in [-0.1, -0.05) is 13.8 Å². The minimum atomic E-state index is -0.468. The molecule has 0 fully saturated rings. The van der Waals surface area contributed by atoms with Crippen LogP contribution in [0.5, 0.6) is 0 Å². The Bertz CT molecular complexity index is 121. The largest absolute Gasteiger partial charge is 0.320 e. The minimum Gasteiger partial charge on any atom is -0.320 e. The van der Waals surface area contributed by atoms with Crippen molar-refractivity contribution in [1.29, 1.82) is 0 Å². The van der Waals surface area contributed by atoms with Crippen molar-refractivity contribution in [3.63, 3.8) is 0 Å². The van der Waals surface area contributed by atoms with Gasteiger partial charge < -0.3 is 5.73 Å². The third-order valence-electron chi connectivity index (χ3n) is 1.20. The summed E-state index contributed by atoms with van der Waals surface area (Å²) in [5.74, 6) is 5.00. The molecule has 5 N–H and O–H groups in total. The summed E-state index contributed by atoms with van der Waals surface area (Å²) in [7, 11) is 0. The molecule has 0 aromatic rings. The molecule has 1 atom stereocenters. The van der Waals surface area contributed by atoms with Crippen LogP contribution in [0.15, 0.2) is 0 Å². The average Bonchev–Trinajstić information content (AvgIpc) is 1.85. The lowest BCUT2D eigenvalue weighted by Crippen LogP contribution is -2.44. The predicted molar refractivity (Wildman–Crippen MR) is 54.3 cm³/mol. The van der Waals surface area contributed by atoms with Crippen LogP contribution < -0.4 is 17.0 Å². The molecule has 0 rings (SSSR count). The highest BCUT2D eigenvalue weighted by Gasteiger charge is 2.12. The molecule has 0 heterocycles. The second kappa shape index (κ2) is 9.06. The zero-order valence-electron chi connectivity index (χ0n) is 7.24. The Hall–Kier alpha value is -0.0300. The zero-order chi connectivity index (χ0) is 8.15. The van der Waals surface area contributed by atoms with Crippen LogP contribution in [-0.4, -0.2) is 11.9 Å². The van der Waals surface area contributed by atoms with Gasteiger partial charge in [-0.05, 0) is 12.3 Å². The number of halogens is 2. The normalized spacial score (nSPS) is 11.1. The van der Waals surface area contributed by atoms with Gasteiger partial charge in [-0.15, -0.1) is 24.8 Å². The molecule has 0 aliphatic heterocycles. The van der Waals surface area contributed by atoms with Gasteiger partial charge in [0.25, 0.3) is 5.91 Å². The Kier molecular flexibility index (Phi) is 13.5. The number of amides is 1. The Morgan fingerprint density at radius 3 is 2.08 bits per heavy atom. The lowest BCUT2D eigenvalue weighted by atomic mass is 10.0. The summed E-state index contributed by atoms with van der Waals surface area (Å²) >= 11 is 0. The number of carbonyl (C=O) groups excluding carboxylic acids is 1. The molecule has 4 nitrogen and oxygen atoms in total. The maximum absolute atomic E-state index is 10.7. The van der Waals surface area contributed by atoms with Crippen LogP contribution >= 0.6 is 24.8 Å². The summed E-state index contributed by atoms with van der Waals surface area (Å²) in [4.78, 5) is 10.7. The van der Waals surface area contributed by atoms with Crippen molar-refractivity contribution in [3.05, 3.63) is 0 Å². The van der Waals surface area contributed by atoms with Gasteiger partial charge in [0.1, 0.15) is 0 Å². The van der Waals surface area contributed by atoms with E-state index in [1.807, 2.05) is 19.3 Å². The van der Waals surface area contributed by atoms with Gasteiger partial charge in [0, 0.05) is 0 Å². The maximum atomic E-state index is 10.7. The van der Waals surface area contributed by atoms with E-state index < -0.39 is 6.04 Å². The number of rotatable bonds is 3. The Morgan fingerprint density at radius 2 is 1.83 bits per heavy atom.